The predicted octanol–water partition coefficient (Wildman–Crippen LogP) is 2.05. The van der Waals surface area contributed by atoms with E-state index in [9.17, 15) is 0 Å². The minimum absolute atomic E-state index is 0. The van der Waals surface area contributed by atoms with Gasteiger partial charge in [-0.2, -0.15) is 0 Å². The van der Waals surface area contributed by atoms with E-state index < -0.39 is 0 Å². The normalized spacial score (nSPS) is 20.7. The number of piperidine rings is 1. The average molecular weight is 246 g/mol. The summed E-state index contributed by atoms with van der Waals surface area (Å²) in [5.41, 5.74) is 1.05. The van der Waals surface area contributed by atoms with Gasteiger partial charge in [0, 0.05) is 23.7 Å². The van der Waals surface area contributed by atoms with Gasteiger partial charge in [-0.15, -0.1) is 12.4 Å². The molecule has 1 aliphatic heterocycles. The largest absolute Gasteiger partial charge is 0.316 e. The van der Waals surface area contributed by atoms with Gasteiger partial charge in [0.1, 0.15) is 0 Å². The van der Waals surface area contributed by atoms with E-state index in [1.807, 2.05) is 19.2 Å². The summed E-state index contributed by atoms with van der Waals surface area (Å²) in [6.07, 6.45) is 4.37. The SMILES string of the molecule is Cc1ccnc(SC2CCCNC2)n1.Cl. The molecule has 0 spiro atoms. The lowest BCUT2D eigenvalue weighted by atomic mass is 10.2. The Bertz CT molecular complexity index is 302. The van der Waals surface area contributed by atoms with Crippen molar-refractivity contribution in [2.45, 2.75) is 30.2 Å². The first kappa shape index (κ1) is 12.7. The molecular weight excluding hydrogens is 230 g/mol. The fourth-order valence-corrected chi connectivity index (χ4v) is 2.65. The molecule has 1 fully saturated rings. The molecule has 0 bridgehead atoms. The van der Waals surface area contributed by atoms with E-state index in [1.54, 1.807) is 11.8 Å². The summed E-state index contributed by atoms with van der Waals surface area (Å²) in [5.74, 6) is 0. The van der Waals surface area contributed by atoms with Gasteiger partial charge in [-0.3, -0.25) is 0 Å². The van der Waals surface area contributed by atoms with Crippen molar-refractivity contribution < 1.29 is 0 Å². The number of hydrogen-bond acceptors (Lipinski definition) is 4. The Morgan fingerprint density at radius 2 is 2.40 bits per heavy atom. The molecule has 1 atom stereocenters. The van der Waals surface area contributed by atoms with Crippen molar-refractivity contribution in [3.05, 3.63) is 18.0 Å². The molecule has 15 heavy (non-hydrogen) atoms. The minimum Gasteiger partial charge on any atom is -0.316 e. The van der Waals surface area contributed by atoms with Crippen LogP contribution in [0.3, 0.4) is 0 Å². The minimum atomic E-state index is 0. The Balaban J connectivity index is 0.00000112. The van der Waals surface area contributed by atoms with Crippen LogP contribution in [0.25, 0.3) is 0 Å². The van der Waals surface area contributed by atoms with E-state index >= 15 is 0 Å². The van der Waals surface area contributed by atoms with Gasteiger partial charge in [-0.1, -0.05) is 11.8 Å². The smallest absolute Gasteiger partial charge is 0.188 e. The number of hydrogen-bond donors (Lipinski definition) is 1. The lowest BCUT2D eigenvalue weighted by Crippen LogP contribution is -2.31. The van der Waals surface area contributed by atoms with E-state index in [-0.39, 0.29) is 12.4 Å². The summed E-state index contributed by atoms with van der Waals surface area (Å²) in [4.78, 5) is 8.65. The van der Waals surface area contributed by atoms with Crippen LogP contribution in [0, 0.1) is 6.92 Å². The van der Waals surface area contributed by atoms with Gasteiger partial charge in [0.15, 0.2) is 5.16 Å². The van der Waals surface area contributed by atoms with Gasteiger partial charge in [0.05, 0.1) is 0 Å². The average Bonchev–Trinajstić information content (AvgIpc) is 2.19. The molecular formula is C10H16ClN3S. The van der Waals surface area contributed by atoms with Crippen molar-refractivity contribution in [2.75, 3.05) is 13.1 Å². The molecule has 3 nitrogen and oxygen atoms in total. The Hall–Kier alpha value is -0.320. The molecule has 5 heteroatoms. The Morgan fingerprint density at radius 3 is 3.07 bits per heavy atom. The molecule has 1 aromatic rings. The topological polar surface area (TPSA) is 37.8 Å². The first-order valence-corrected chi connectivity index (χ1v) is 5.89. The van der Waals surface area contributed by atoms with Crippen LogP contribution in [-0.4, -0.2) is 28.3 Å². The Morgan fingerprint density at radius 1 is 1.53 bits per heavy atom. The maximum atomic E-state index is 4.39. The zero-order chi connectivity index (χ0) is 9.80. The maximum Gasteiger partial charge on any atom is 0.188 e. The highest BCUT2D eigenvalue weighted by Crippen LogP contribution is 2.23. The molecule has 0 radical (unpaired) electrons. The van der Waals surface area contributed by atoms with E-state index in [2.05, 4.69) is 15.3 Å². The Kier molecular flexibility index (Phi) is 5.36. The van der Waals surface area contributed by atoms with Crippen molar-refractivity contribution in [1.29, 1.82) is 0 Å². The van der Waals surface area contributed by atoms with Gasteiger partial charge >= 0.3 is 0 Å². The zero-order valence-corrected chi connectivity index (χ0v) is 10.4. The van der Waals surface area contributed by atoms with E-state index in [1.165, 1.54) is 12.8 Å². The number of nitrogens with zero attached hydrogens (tertiary/aromatic N) is 2. The summed E-state index contributed by atoms with van der Waals surface area (Å²) in [6, 6.07) is 1.93. The third-order valence-electron chi connectivity index (χ3n) is 2.30. The Labute approximate surface area is 101 Å². The molecule has 84 valence electrons. The summed E-state index contributed by atoms with van der Waals surface area (Å²) in [6.45, 7) is 4.25. The zero-order valence-electron chi connectivity index (χ0n) is 8.77. The molecule has 1 saturated heterocycles. The molecule has 0 aliphatic carbocycles. The van der Waals surface area contributed by atoms with E-state index in [4.69, 9.17) is 0 Å². The number of aryl methyl sites for hydroxylation is 1. The van der Waals surface area contributed by atoms with E-state index in [0.717, 1.165) is 23.9 Å². The number of halogens is 1. The predicted molar refractivity (Wildman–Crippen MR) is 65.8 cm³/mol. The molecule has 0 aromatic carbocycles. The van der Waals surface area contributed by atoms with E-state index in [0.29, 0.717) is 5.25 Å². The van der Waals surface area contributed by atoms with Crippen LogP contribution in [0.5, 0.6) is 0 Å². The van der Waals surface area contributed by atoms with Crippen LogP contribution in [-0.2, 0) is 0 Å². The van der Waals surface area contributed by atoms with Crippen LogP contribution < -0.4 is 5.32 Å². The quantitative estimate of drug-likeness (QED) is 0.810. The molecule has 0 saturated carbocycles. The summed E-state index contributed by atoms with van der Waals surface area (Å²) in [7, 11) is 0. The first-order chi connectivity index (χ1) is 6.84. The van der Waals surface area contributed by atoms with Gasteiger partial charge in [-0.25, -0.2) is 9.97 Å². The number of aromatic nitrogens is 2. The van der Waals surface area contributed by atoms with Crippen molar-refractivity contribution >= 4 is 24.2 Å². The lowest BCUT2D eigenvalue weighted by molar-refractivity contribution is 0.530. The van der Waals surface area contributed by atoms with Crippen LogP contribution in [0.15, 0.2) is 17.4 Å². The van der Waals surface area contributed by atoms with Gasteiger partial charge < -0.3 is 5.32 Å². The van der Waals surface area contributed by atoms with Crippen LogP contribution in [0.2, 0.25) is 0 Å². The van der Waals surface area contributed by atoms with Gasteiger partial charge in [-0.05, 0) is 32.4 Å². The molecule has 1 unspecified atom stereocenters. The second-order valence-electron chi connectivity index (χ2n) is 3.57. The van der Waals surface area contributed by atoms with Gasteiger partial charge in [0.25, 0.3) is 0 Å². The summed E-state index contributed by atoms with van der Waals surface area (Å²) < 4.78 is 0. The lowest BCUT2D eigenvalue weighted by Gasteiger charge is -2.21. The number of nitrogens with one attached hydrogen (secondary N) is 1. The standard InChI is InChI=1S/C10H15N3S.ClH/c1-8-4-6-12-10(13-8)14-9-3-2-5-11-7-9;/h4,6,9,11H,2-3,5,7H2,1H3;1H. The van der Waals surface area contributed by atoms with Crippen molar-refractivity contribution in [3.63, 3.8) is 0 Å². The highest BCUT2D eigenvalue weighted by atomic mass is 35.5. The maximum absolute atomic E-state index is 4.39. The van der Waals surface area contributed by atoms with Crippen LogP contribution in [0.4, 0.5) is 0 Å². The fraction of sp³-hybridized carbons (Fsp3) is 0.600. The molecule has 0 amide bonds. The molecule has 2 heterocycles. The third kappa shape index (κ3) is 3.97. The molecule has 2 rings (SSSR count). The second kappa shape index (κ2) is 6.30. The highest BCUT2D eigenvalue weighted by molar-refractivity contribution is 7.99. The summed E-state index contributed by atoms with van der Waals surface area (Å²) in [5, 5.41) is 4.95. The first-order valence-electron chi connectivity index (χ1n) is 5.01. The number of rotatable bonds is 2. The van der Waals surface area contributed by atoms with Crippen LogP contribution in [0.1, 0.15) is 18.5 Å². The van der Waals surface area contributed by atoms with Crippen LogP contribution >= 0.6 is 24.2 Å². The summed E-state index contributed by atoms with van der Waals surface area (Å²) >= 11 is 1.79. The molecule has 1 N–H and O–H groups in total. The molecule has 1 aromatic heterocycles. The fourth-order valence-electron chi connectivity index (χ4n) is 1.55. The van der Waals surface area contributed by atoms with Crippen molar-refractivity contribution in [2.24, 2.45) is 0 Å². The third-order valence-corrected chi connectivity index (χ3v) is 3.44. The molecule has 1 aliphatic rings. The van der Waals surface area contributed by atoms with Gasteiger partial charge in [0.2, 0.25) is 0 Å². The number of thioether (sulfide) groups is 1. The second-order valence-corrected chi connectivity index (χ2v) is 4.83. The monoisotopic (exact) mass is 245 g/mol. The van der Waals surface area contributed by atoms with Crippen molar-refractivity contribution in [3.8, 4) is 0 Å². The highest BCUT2D eigenvalue weighted by Gasteiger charge is 2.15. The van der Waals surface area contributed by atoms with Crippen molar-refractivity contribution in [1.82, 2.24) is 15.3 Å².